The standard InChI is InChI=1S/2C16H22N2O5.Tc/c2*1-3-11-6-5-7-12(4-2)16(11)17-13(19)8-18(9-14(20)21)10-15(22)23;/h2*5-7H,3-4,8-10H2,1-2H3,(H,17,19)(H,20,21)(H,22,23);/p-3/i;;1+1. The molecule has 0 spiro atoms. The molecule has 259 valence electrons. The first-order valence-corrected chi connectivity index (χ1v) is 14.8. The Labute approximate surface area is 289 Å². The minimum absolute atomic E-state index is 0. The molecule has 1 radical (unpaired) electrons. The Morgan fingerprint density at radius 2 is 0.745 bits per heavy atom. The summed E-state index contributed by atoms with van der Waals surface area (Å²) in [6, 6.07) is 11.4. The fourth-order valence-corrected chi connectivity index (χ4v) is 4.64. The number of nitrogens with one attached hydrogen (secondary N) is 2. The largest absolute Gasteiger partial charge is 1.00 e. The average Bonchev–Trinajstić information content (AvgIpc) is 2.96. The van der Waals surface area contributed by atoms with Crippen LogP contribution in [0.15, 0.2) is 36.4 Å². The Morgan fingerprint density at radius 1 is 0.511 bits per heavy atom. The molecule has 0 atom stereocenters. The summed E-state index contributed by atoms with van der Waals surface area (Å²) in [4.78, 5) is 68.7. The molecule has 0 saturated carbocycles. The van der Waals surface area contributed by atoms with Crippen LogP contribution >= 0.6 is 0 Å². The number of para-hydroxylation sites is 2. The van der Waals surface area contributed by atoms with Crippen molar-refractivity contribution in [1.82, 2.24) is 9.80 Å². The quantitative estimate of drug-likeness (QED) is 0.158. The van der Waals surface area contributed by atoms with Crippen molar-refractivity contribution in [2.45, 2.75) is 53.4 Å². The monoisotopic (exact) mass is 740 g/mol. The normalized spacial score (nSPS) is 10.3. The van der Waals surface area contributed by atoms with Crippen LogP contribution in [0.2, 0.25) is 0 Å². The molecule has 47 heavy (non-hydrogen) atoms. The summed E-state index contributed by atoms with van der Waals surface area (Å²) < 4.78 is 0. The van der Waals surface area contributed by atoms with Crippen LogP contribution in [0.1, 0.15) is 51.4 Å². The molecule has 0 fully saturated rings. The van der Waals surface area contributed by atoms with E-state index in [-0.39, 0.29) is 34.6 Å². The van der Waals surface area contributed by atoms with Crippen LogP contribution in [0.4, 0.5) is 11.4 Å². The summed E-state index contributed by atoms with van der Waals surface area (Å²) in [7, 11) is 0. The topological polar surface area (TPSA) is 225 Å². The molecule has 2 amide bonds. The van der Waals surface area contributed by atoms with E-state index in [1.165, 1.54) is 0 Å². The van der Waals surface area contributed by atoms with Gasteiger partial charge in [-0.05, 0) is 47.9 Å². The minimum Gasteiger partial charge on any atom is -0.549 e. The number of nitrogens with zero attached hydrogens (tertiary/aromatic N) is 2. The van der Waals surface area contributed by atoms with Gasteiger partial charge in [-0.15, -0.1) is 0 Å². The molecular formula is C32H41N4O10Tc-3. The summed E-state index contributed by atoms with van der Waals surface area (Å²) in [5, 5.41) is 48.0. The van der Waals surface area contributed by atoms with E-state index in [1.54, 1.807) is 0 Å². The number of hydrogen-bond acceptors (Lipinski definition) is 12. The van der Waals surface area contributed by atoms with Crippen LogP contribution in [-0.2, 0) is 74.6 Å². The van der Waals surface area contributed by atoms with Gasteiger partial charge in [0.05, 0.1) is 37.0 Å². The zero-order chi connectivity index (χ0) is 34.8. The second kappa shape index (κ2) is 22.4. The first kappa shape index (κ1) is 42.8. The number of rotatable bonds is 18. The van der Waals surface area contributed by atoms with Gasteiger partial charge in [0.15, 0.2) is 0 Å². The van der Waals surface area contributed by atoms with E-state index in [2.05, 4.69) is 10.6 Å². The molecule has 0 aromatic heterocycles. The second-order valence-corrected chi connectivity index (χ2v) is 10.2. The van der Waals surface area contributed by atoms with Crippen LogP contribution in [0.25, 0.3) is 0 Å². The van der Waals surface area contributed by atoms with E-state index in [0.29, 0.717) is 11.4 Å². The second-order valence-electron chi connectivity index (χ2n) is 10.2. The summed E-state index contributed by atoms with van der Waals surface area (Å²) in [6.07, 6.45) is 2.91. The zero-order valence-electron chi connectivity index (χ0n) is 27.9. The first-order chi connectivity index (χ1) is 21.7. The van der Waals surface area contributed by atoms with Gasteiger partial charge in [-0.1, -0.05) is 64.1 Å². The van der Waals surface area contributed by atoms with Crippen molar-refractivity contribution >= 4 is 47.1 Å². The number of benzene rings is 2. The van der Waals surface area contributed by atoms with Gasteiger partial charge in [0, 0.05) is 57.7 Å². The van der Waals surface area contributed by atoms with Gasteiger partial charge in [0.25, 0.3) is 0 Å². The fourth-order valence-electron chi connectivity index (χ4n) is 4.64. The molecule has 0 aliphatic carbocycles. The van der Waals surface area contributed by atoms with Crippen molar-refractivity contribution in [2.24, 2.45) is 0 Å². The Morgan fingerprint density at radius 3 is 0.936 bits per heavy atom. The zero-order valence-corrected chi connectivity index (χ0v) is 28.7. The maximum absolute atomic E-state index is 12.1. The SMILES string of the molecule is CCc1cccc(CC)c1NC(=O)CN(CC(=O)[O-])CC(=O)[O-].CCc1cccc(CC)c1NC(=O)CN(CC(=O)[O-])CC(=O)[O-].[99Tc].[H+]. The molecule has 15 heteroatoms. The van der Waals surface area contributed by atoms with E-state index < -0.39 is 61.9 Å². The van der Waals surface area contributed by atoms with Crippen LogP contribution < -0.4 is 31.1 Å². The smallest absolute Gasteiger partial charge is 0.549 e. The molecule has 14 nitrogen and oxygen atoms in total. The summed E-state index contributed by atoms with van der Waals surface area (Å²) in [5.74, 6) is -6.79. The van der Waals surface area contributed by atoms with Gasteiger partial charge in [0.1, 0.15) is 0 Å². The van der Waals surface area contributed by atoms with Crippen molar-refractivity contribution in [1.29, 1.82) is 0 Å². The Hall–Kier alpha value is -4.17. The Balaban J connectivity index is 0. The molecule has 2 aromatic carbocycles. The number of amides is 2. The third-order valence-electron chi connectivity index (χ3n) is 6.67. The van der Waals surface area contributed by atoms with Crippen LogP contribution in [0.3, 0.4) is 0 Å². The van der Waals surface area contributed by atoms with Crippen LogP contribution in [-0.4, -0.2) is 84.8 Å². The van der Waals surface area contributed by atoms with Gasteiger partial charge in [-0.25, -0.2) is 0 Å². The van der Waals surface area contributed by atoms with E-state index >= 15 is 0 Å². The number of anilines is 2. The van der Waals surface area contributed by atoms with Gasteiger partial charge in [-0.3, -0.25) is 19.4 Å². The first-order valence-electron chi connectivity index (χ1n) is 14.8. The third-order valence-corrected chi connectivity index (χ3v) is 6.67. The predicted molar refractivity (Wildman–Crippen MR) is 162 cm³/mol. The molecule has 2 aromatic rings. The molecule has 2 N–H and O–H groups in total. The van der Waals surface area contributed by atoms with Crippen molar-refractivity contribution in [3.8, 4) is 0 Å². The fraction of sp³-hybridized carbons (Fsp3) is 0.438. The molecule has 0 saturated heterocycles. The molecule has 0 unspecified atom stereocenters. The molecular weight excluding hydrogens is 699 g/mol. The van der Waals surface area contributed by atoms with E-state index in [9.17, 15) is 49.2 Å². The maximum Gasteiger partial charge on any atom is 1.00 e. The van der Waals surface area contributed by atoms with Crippen molar-refractivity contribution in [2.75, 3.05) is 49.9 Å². The summed E-state index contributed by atoms with van der Waals surface area (Å²) >= 11 is 0. The van der Waals surface area contributed by atoms with Crippen molar-refractivity contribution in [3.05, 3.63) is 58.7 Å². The van der Waals surface area contributed by atoms with Gasteiger partial charge < -0.3 is 50.2 Å². The molecule has 0 aliphatic rings. The van der Waals surface area contributed by atoms with E-state index in [0.717, 1.165) is 57.7 Å². The molecule has 0 heterocycles. The minimum atomic E-state index is -1.46. The molecule has 0 aliphatic heterocycles. The predicted octanol–water partition coefficient (Wildman–Crippen LogP) is -2.79. The van der Waals surface area contributed by atoms with E-state index in [4.69, 9.17) is 0 Å². The Kier molecular flexibility index (Phi) is 20.4. The average molecular weight is 741 g/mol. The van der Waals surface area contributed by atoms with Crippen LogP contribution in [0.5, 0.6) is 0 Å². The maximum atomic E-state index is 12.1. The molecule has 0 bridgehead atoms. The number of hydrogen-bond donors (Lipinski definition) is 2. The van der Waals surface area contributed by atoms with Gasteiger partial charge >= 0.3 is 1.43 Å². The van der Waals surface area contributed by atoms with Gasteiger partial charge in [0.2, 0.25) is 11.8 Å². The number of carboxylic acid groups (broad SMARTS) is 4. The number of aryl methyl sites for hydroxylation is 4. The summed E-state index contributed by atoms with van der Waals surface area (Å²) in [5.41, 5.74) is 5.25. The van der Waals surface area contributed by atoms with Crippen molar-refractivity contribution in [3.63, 3.8) is 0 Å². The van der Waals surface area contributed by atoms with Crippen molar-refractivity contribution < 1.29 is 70.7 Å². The number of aliphatic carboxylic acids is 4. The number of carbonyl (C=O) groups excluding carboxylic acids is 6. The van der Waals surface area contributed by atoms with Gasteiger partial charge in [-0.2, -0.15) is 0 Å². The third kappa shape index (κ3) is 16.3. The number of carboxylic acids is 4. The molecule has 2 rings (SSSR count). The van der Waals surface area contributed by atoms with E-state index in [1.807, 2.05) is 64.1 Å². The number of carbonyl (C=O) groups is 6. The van der Waals surface area contributed by atoms with Crippen LogP contribution in [0, 0.1) is 0 Å². The Bertz CT molecular complexity index is 1210. The summed E-state index contributed by atoms with van der Waals surface area (Å²) in [6.45, 7) is 4.48.